The van der Waals surface area contributed by atoms with Crippen LogP contribution in [0.4, 0.5) is 25.8 Å². The average molecular weight is 481 g/mol. The number of ketones is 1. The Morgan fingerprint density at radius 2 is 2.03 bits per heavy atom. The monoisotopic (exact) mass is 480 g/mol. The Balaban J connectivity index is 1.71. The molecule has 1 aromatic heterocycles. The van der Waals surface area contributed by atoms with E-state index in [1.807, 2.05) is 31.2 Å². The molecule has 0 bridgehead atoms. The van der Waals surface area contributed by atoms with Crippen LogP contribution >= 0.6 is 0 Å². The van der Waals surface area contributed by atoms with Crippen LogP contribution in [0.2, 0.25) is 0 Å². The van der Waals surface area contributed by atoms with E-state index in [2.05, 4.69) is 29.2 Å². The zero-order valence-corrected chi connectivity index (χ0v) is 20.9. The van der Waals surface area contributed by atoms with Crippen molar-refractivity contribution >= 4 is 22.8 Å². The van der Waals surface area contributed by atoms with Crippen molar-refractivity contribution in [1.29, 1.82) is 0 Å². The predicted octanol–water partition coefficient (Wildman–Crippen LogP) is 6.83. The minimum atomic E-state index is -2.60. The molecule has 1 unspecified atom stereocenters. The van der Waals surface area contributed by atoms with Crippen LogP contribution in [0.25, 0.3) is 11.1 Å². The lowest BCUT2D eigenvalue weighted by Gasteiger charge is -2.34. The lowest BCUT2D eigenvalue weighted by molar-refractivity contribution is -0.118. The SMILES string of the molecule is CCC(C)CC(=O)CNc1c(C)cccc1N1CCCc2cc(-c3cnn(C)c3)c(C(F)F)cc21. The number of hydrogen-bond donors (Lipinski definition) is 1. The molecule has 0 radical (unpaired) electrons. The maximum Gasteiger partial charge on any atom is 0.264 e. The second kappa shape index (κ2) is 10.6. The van der Waals surface area contributed by atoms with E-state index >= 15 is 0 Å². The van der Waals surface area contributed by atoms with E-state index in [0.717, 1.165) is 54.0 Å². The molecule has 2 heterocycles. The van der Waals surface area contributed by atoms with Gasteiger partial charge in [0.05, 0.1) is 24.1 Å². The van der Waals surface area contributed by atoms with E-state index in [1.54, 1.807) is 30.2 Å². The number of alkyl halides is 2. The number of carbonyl (C=O) groups excluding carboxylic acids is 1. The van der Waals surface area contributed by atoms with Gasteiger partial charge in [0.1, 0.15) is 0 Å². The maximum atomic E-state index is 14.2. The molecule has 0 aliphatic carbocycles. The smallest absolute Gasteiger partial charge is 0.264 e. The van der Waals surface area contributed by atoms with Gasteiger partial charge >= 0.3 is 0 Å². The van der Waals surface area contributed by atoms with E-state index in [4.69, 9.17) is 0 Å². The summed E-state index contributed by atoms with van der Waals surface area (Å²) < 4.78 is 30.0. The second-order valence-electron chi connectivity index (χ2n) is 9.61. The third kappa shape index (κ3) is 5.39. The molecular formula is C28H34F2N4O. The molecule has 1 aliphatic heterocycles. The number of benzene rings is 2. The topological polar surface area (TPSA) is 50.2 Å². The van der Waals surface area contributed by atoms with Crippen molar-refractivity contribution in [2.45, 2.75) is 52.9 Å². The molecule has 4 rings (SSSR count). The predicted molar refractivity (Wildman–Crippen MR) is 138 cm³/mol. The van der Waals surface area contributed by atoms with E-state index < -0.39 is 6.43 Å². The average Bonchev–Trinajstić information content (AvgIpc) is 3.27. The number of carbonyl (C=O) groups is 1. The van der Waals surface area contributed by atoms with Gasteiger partial charge < -0.3 is 10.2 Å². The highest BCUT2D eigenvalue weighted by atomic mass is 19.3. The van der Waals surface area contributed by atoms with Gasteiger partial charge in [-0.25, -0.2) is 8.78 Å². The van der Waals surface area contributed by atoms with E-state index in [-0.39, 0.29) is 17.9 Å². The highest BCUT2D eigenvalue weighted by molar-refractivity contribution is 5.87. The highest BCUT2D eigenvalue weighted by Crippen LogP contribution is 2.43. The van der Waals surface area contributed by atoms with Crippen LogP contribution in [0.3, 0.4) is 0 Å². The molecular weight excluding hydrogens is 446 g/mol. The molecule has 7 heteroatoms. The molecule has 0 saturated carbocycles. The van der Waals surface area contributed by atoms with Gasteiger partial charge in [0, 0.05) is 43.0 Å². The molecule has 0 fully saturated rings. The third-order valence-electron chi connectivity index (χ3n) is 6.90. The van der Waals surface area contributed by atoms with Crippen molar-refractivity contribution in [3.8, 4) is 11.1 Å². The Bertz CT molecular complexity index is 1200. The number of halogens is 2. The number of fused-ring (bicyclic) bond motifs is 1. The van der Waals surface area contributed by atoms with Crippen LogP contribution in [0.5, 0.6) is 0 Å². The van der Waals surface area contributed by atoms with Crippen molar-refractivity contribution in [3.05, 3.63) is 59.4 Å². The fraction of sp³-hybridized carbons (Fsp3) is 0.429. The molecule has 1 N–H and O–H groups in total. The van der Waals surface area contributed by atoms with Gasteiger partial charge in [-0.15, -0.1) is 0 Å². The molecule has 1 atom stereocenters. The molecule has 2 aromatic carbocycles. The summed E-state index contributed by atoms with van der Waals surface area (Å²) in [4.78, 5) is 14.6. The van der Waals surface area contributed by atoms with Gasteiger partial charge in [0.2, 0.25) is 0 Å². The van der Waals surface area contributed by atoms with E-state index in [0.29, 0.717) is 23.5 Å². The number of para-hydroxylation sites is 1. The summed E-state index contributed by atoms with van der Waals surface area (Å²) >= 11 is 0. The largest absolute Gasteiger partial charge is 0.376 e. The number of hydrogen-bond acceptors (Lipinski definition) is 4. The lowest BCUT2D eigenvalue weighted by atomic mass is 9.92. The van der Waals surface area contributed by atoms with E-state index in [1.165, 1.54) is 0 Å². The number of rotatable bonds is 9. The first-order valence-electron chi connectivity index (χ1n) is 12.3. The molecule has 186 valence electrons. The summed E-state index contributed by atoms with van der Waals surface area (Å²) in [6, 6.07) is 9.52. The number of nitrogens with zero attached hydrogens (tertiary/aromatic N) is 3. The van der Waals surface area contributed by atoms with Crippen molar-refractivity contribution in [3.63, 3.8) is 0 Å². The molecule has 0 saturated heterocycles. The highest BCUT2D eigenvalue weighted by Gasteiger charge is 2.26. The Morgan fingerprint density at radius 1 is 1.23 bits per heavy atom. The van der Waals surface area contributed by atoms with Gasteiger partial charge in [-0.3, -0.25) is 9.48 Å². The fourth-order valence-corrected chi connectivity index (χ4v) is 4.79. The fourth-order valence-electron chi connectivity index (χ4n) is 4.79. The number of aromatic nitrogens is 2. The van der Waals surface area contributed by atoms with E-state index in [9.17, 15) is 13.6 Å². The molecule has 5 nitrogen and oxygen atoms in total. The van der Waals surface area contributed by atoms with Crippen LogP contribution in [-0.4, -0.2) is 28.7 Å². The molecule has 3 aromatic rings. The summed E-state index contributed by atoms with van der Waals surface area (Å²) in [5.74, 6) is 0.532. The number of anilines is 3. The first-order valence-corrected chi connectivity index (χ1v) is 12.3. The van der Waals surface area contributed by atoms with Gasteiger partial charge in [-0.1, -0.05) is 32.4 Å². The summed E-state index contributed by atoms with van der Waals surface area (Å²) in [5.41, 5.74) is 5.90. The Kier molecular flexibility index (Phi) is 7.53. The third-order valence-corrected chi connectivity index (χ3v) is 6.90. The zero-order valence-electron chi connectivity index (χ0n) is 20.9. The summed E-state index contributed by atoms with van der Waals surface area (Å²) in [6.07, 6.45) is 4.05. The van der Waals surface area contributed by atoms with Gasteiger partial charge in [0.25, 0.3) is 6.43 Å². The molecule has 35 heavy (non-hydrogen) atoms. The zero-order chi connectivity index (χ0) is 25.1. The number of nitrogens with one attached hydrogen (secondary N) is 1. The van der Waals surface area contributed by atoms with Crippen LogP contribution in [-0.2, 0) is 18.3 Å². The number of Topliss-reactive ketones (excluding diaryl/α,β-unsaturated/α-hetero) is 1. The van der Waals surface area contributed by atoms with Crippen molar-refractivity contribution in [2.75, 3.05) is 23.3 Å². The molecule has 0 amide bonds. The van der Waals surface area contributed by atoms with Crippen LogP contribution in [0, 0.1) is 12.8 Å². The standard InChI is InChI=1S/C28H34F2N4O/c1-5-18(2)12-22(35)16-31-27-19(3)8-6-10-25(27)34-11-7-9-20-13-23(21-15-32-33(4)17-21)24(28(29)30)14-26(20)34/h6,8,10,13-15,17-18,28,31H,5,7,9,11-12,16H2,1-4H3. The van der Waals surface area contributed by atoms with Gasteiger partial charge in [-0.2, -0.15) is 5.10 Å². The summed E-state index contributed by atoms with van der Waals surface area (Å²) in [7, 11) is 1.78. The number of aryl methyl sites for hydroxylation is 3. The van der Waals surface area contributed by atoms with Crippen LogP contribution in [0.15, 0.2) is 42.7 Å². The van der Waals surface area contributed by atoms with Crippen molar-refractivity contribution < 1.29 is 13.6 Å². The maximum absolute atomic E-state index is 14.2. The second-order valence-corrected chi connectivity index (χ2v) is 9.61. The first kappa shape index (κ1) is 24.9. The van der Waals surface area contributed by atoms with Gasteiger partial charge in [-0.05, 0) is 60.6 Å². The minimum Gasteiger partial charge on any atom is -0.376 e. The Hall–Kier alpha value is -3.22. The van der Waals surface area contributed by atoms with Crippen molar-refractivity contribution in [2.24, 2.45) is 13.0 Å². The molecule has 0 spiro atoms. The van der Waals surface area contributed by atoms with Crippen LogP contribution in [0.1, 0.15) is 56.2 Å². The Labute approximate surface area is 206 Å². The quantitative estimate of drug-likeness (QED) is 0.364. The normalized spacial score (nSPS) is 14.2. The Morgan fingerprint density at radius 3 is 2.71 bits per heavy atom. The summed E-state index contributed by atoms with van der Waals surface area (Å²) in [6.45, 7) is 7.16. The first-order chi connectivity index (χ1) is 16.8. The van der Waals surface area contributed by atoms with Crippen molar-refractivity contribution in [1.82, 2.24) is 9.78 Å². The van der Waals surface area contributed by atoms with Gasteiger partial charge in [0.15, 0.2) is 5.78 Å². The lowest BCUT2D eigenvalue weighted by Crippen LogP contribution is -2.27. The molecule has 1 aliphatic rings. The van der Waals surface area contributed by atoms with Crippen LogP contribution < -0.4 is 10.2 Å². The minimum absolute atomic E-state index is 0.00884. The summed E-state index contributed by atoms with van der Waals surface area (Å²) in [5, 5.41) is 7.54.